The van der Waals surface area contributed by atoms with Gasteiger partial charge in [-0.15, -0.1) is 0 Å². The van der Waals surface area contributed by atoms with Crippen LogP contribution in [0.1, 0.15) is 24.2 Å². The smallest absolute Gasteiger partial charge is 0.260 e. The number of hydrogen-bond acceptors (Lipinski definition) is 5. The van der Waals surface area contributed by atoms with E-state index in [0.717, 1.165) is 30.6 Å². The summed E-state index contributed by atoms with van der Waals surface area (Å²) in [5.74, 6) is 1.16. The lowest BCUT2D eigenvalue weighted by Gasteiger charge is -2.04. The van der Waals surface area contributed by atoms with Crippen LogP contribution in [0.3, 0.4) is 0 Å². The molecule has 0 aliphatic carbocycles. The van der Waals surface area contributed by atoms with Crippen molar-refractivity contribution in [2.24, 2.45) is 0 Å². The van der Waals surface area contributed by atoms with Crippen molar-refractivity contribution in [1.29, 1.82) is 0 Å². The lowest BCUT2D eigenvalue weighted by atomic mass is 10.1. The van der Waals surface area contributed by atoms with E-state index in [9.17, 15) is 0 Å². The number of ether oxygens (including phenoxy) is 1. The lowest BCUT2D eigenvalue weighted by Crippen LogP contribution is -2.09. The normalized spacial score (nSPS) is 18.9. The largest absolute Gasteiger partial charge is 0.398 e. The first kappa shape index (κ1) is 12.2. The number of aryl methyl sites for hydroxylation is 1. The Kier molecular flexibility index (Phi) is 3.21. The molecular weight excluding hydrogens is 242 g/mol. The average molecular weight is 259 g/mol. The molecule has 5 nitrogen and oxygen atoms in total. The number of nitrogens with zero attached hydrogens (tertiary/aromatic N) is 2. The van der Waals surface area contributed by atoms with Crippen LogP contribution in [0.2, 0.25) is 0 Å². The Labute approximate surface area is 111 Å². The van der Waals surface area contributed by atoms with E-state index in [1.54, 1.807) is 0 Å². The van der Waals surface area contributed by atoms with Gasteiger partial charge in [0.15, 0.2) is 5.82 Å². The zero-order chi connectivity index (χ0) is 13.2. The molecule has 0 amide bonds. The first-order valence-corrected chi connectivity index (χ1v) is 6.53. The minimum Gasteiger partial charge on any atom is -0.398 e. The maximum atomic E-state index is 5.94. The van der Waals surface area contributed by atoms with Crippen LogP contribution in [0.4, 0.5) is 5.69 Å². The fourth-order valence-corrected chi connectivity index (χ4v) is 2.31. The predicted octanol–water partition coefficient (Wildman–Crippen LogP) is 2.35. The van der Waals surface area contributed by atoms with Gasteiger partial charge >= 0.3 is 0 Å². The fourth-order valence-electron chi connectivity index (χ4n) is 2.31. The molecule has 100 valence electrons. The van der Waals surface area contributed by atoms with Crippen molar-refractivity contribution in [3.63, 3.8) is 0 Å². The van der Waals surface area contributed by atoms with Crippen LogP contribution in [0.5, 0.6) is 0 Å². The number of nitrogens with two attached hydrogens (primary N) is 1. The Morgan fingerprint density at radius 1 is 1.42 bits per heavy atom. The molecule has 1 unspecified atom stereocenters. The molecule has 0 bridgehead atoms. The van der Waals surface area contributed by atoms with Gasteiger partial charge in [-0.3, -0.25) is 0 Å². The second kappa shape index (κ2) is 5.01. The van der Waals surface area contributed by atoms with E-state index in [0.29, 0.717) is 23.8 Å². The summed E-state index contributed by atoms with van der Waals surface area (Å²) >= 11 is 0. The highest BCUT2D eigenvalue weighted by Crippen LogP contribution is 2.26. The van der Waals surface area contributed by atoms with E-state index in [1.165, 1.54) is 0 Å². The summed E-state index contributed by atoms with van der Waals surface area (Å²) in [4.78, 5) is 4.41. The van der Waals surface area contributed by atoms with Gasteiger partial charge in [-0.1, -0.05) is 16.8 Å². The number of anilines is 1. The molecule has 1 aromatic carbocycles. The third kappa shape index (κ3) is 2.61. The molecule has 2 N–H and O–H groups in total. The third-order valence-corrected chi connectivity index (χ3v) is 3.34. The van der Waals surface area contributed by atoms with Gasteiger partial charge in [-0.25, -0.2) is 0 Å². The predicted molar refractivity (Wildman–Crippen MR) is 71.6 cm³/mol. The monoisotopic (exact) mass is 259 g/mol. The molecule has 3 rings (SSSR count). The molecule has 1 fully saturated rings. The van der Waals surface area contributed by atoms with Gasteiger partial charge in [0.25, 0.3) is 5.89 Å². The summed E-state index contributed by atoms with van der Waals surface area (Å²) in [6.07, 6.45) is 3.10. The molecule has 19 heavy (non-hydrogen) atoms. The molecule has 1 aliphatic rings. The van der Waals surface area contributed by atoms with Crippen LogP contribution >= 0.6 is 0 Å². The van der Waals surface area contributed by atoms with Gasteiger partial charge in [0.1, 0.15) is 0 Å². The van der Waals surface area contributed by atoms with Crippen LogP contribution < -0.4 is 5.73 Å². The van der Waals surface area contributed by atoms with Crippen molar-refractivity contribution in [3.8, 4) is 11.5 Å². The molecule has 1 aromatic heterocycles. The highest BCUT2D eigenvalue weighted by Gasteiger charge is 2.20. The Bertz CT molecular complexity index is 574. The Morgan fingerprint density at radius 2 is 2.32 bits per heavy atom. The Hall–Kier alpha value is -1.88. The van der Waals surface area contributed by atoms with Crippen molar-refractivity contribution in [2.75, 3.05) is 12.3 Å². The van der Waals surface area contributed by atoms with Crippen molar-refractivity contribution in [2.45, 2.75) is 32.3 Å². The molecule has 1 atom stereocenters. The second-order valence-electron chi connectivity index (χ2n) is 4.95. The van der Waals surface area contributed by atoms with Gasteiger partial charge in [0.05, 0.1) is 11.7 Å². The van der Waals surface area contributed by atoms with Crippen LogP contribution in [0.25, 0.3) is 11.5 Å². The van der Waals surface area contributed by atoms with E-state index in [4.69, 9.17) is 15.0 Å². The molecule has 2 aromatic rings. The topological polar surface area (TPSA) is 74.2 Å². The summed E-state index contributed by atoms with van der Waals surface area (Å²) in [5.41, 5.74) is 8.50. The molecule has 0 saturated carbocycles. The van der Waals surface area contributed by atoms with Gasteiger partial charge in [0.2, 0.25) is 0 Å². The number of aromatic nitrogens is 2. The van der Waals surface area contributed by atoms with Gasteiger partial charge in [-0.2, -0.15) is 4.98 Å². The highest BCUT2D eigenvalue weighted by molar-refractivity contribution is 5.70. The standard InChI is InChI=1S/C14H17N3O2/c1-9-4-5-12(15)11(7-9)14-16-13(17-19-14)8-10-3-2-6-18-10/h4-5,7,10H,2-3,6,8,15H2,1H3. The fraction of sp³-hybridized carbons (Fsp3) is 0.429. The number of hydrogen-bond donors (Lipinski definition) is 1. The zero-order valence-electron chi connectivity index (χ0n) is 10.9. The number of rotatable bonds is 3. The molecular formula is C14H17N3O2. The number of benzene rings is 1. The van der Waals surface area contributed by atoms with E-state index in [1.807, 2.05) is 25.1 Å². The van der Waals surface area contributed by atoms with E-state index in [2.05, 4.69) is 10.1 Å². The maximum absolute atomic E-state index is 5.94. The molecule has 1 aliphatic heterocycles. The third-order valence-electron chi connectivity index (χ3n) is 3.34. The summed E-state index contributed by atoms with van der Waals surface area (Å²) in [7, 11) is 0. The van der Waals surface area contributed by atoms with Crippen LogP contribution in [0, 0.1) is 6.92 Å². The van der Waals surface area contributed by atoms with Crippen molar-refractivity contribution < 1.29 is 9.26 Å². The van der Waals surface area contributed by atoms with Gasteiger partial charge in [-0.05, 0) is 31.9 Å². The van der Waals surface area contributed by atoms with Crippen LogP contribution in [0.15, 0.2) is 22.7 Å². The summed E-state index contributed by atoms with van der Waals surface area (Å²) < 4.78 is 10.9. The van der Waals surface area contributed by atoms with Gasteiger partial charge < -0.3 is 15.0 Å². The van der Waals surface area contributed by atoms with Gasteiger partial charge in [0, 0.05) is 18.7 Å². The lowest BCUT2D eigenvalue weighted by molar-refractivity contribution is 0.109. The zero-order valence-corrected chi connectivity index (χ0v) is 10.9. The Balaban J connectivity index is 1.82. The van der Waals surface area contributed by atoms with Crippen LogP contribution in [-0.4, -0.2) is 22.9 Å². The minimum atomic E-state index is 0.223. The minimum absolute atomic E-state index is 0.223. The molecule has 5 heteroatoms. The SMILES string of the molecule is Cc1ccc(N)c(-c2nc(CC3CCCO3)no2)c1. The highest BCUT2D eigenvalue weighted by atomic mass is 16.5. The summed E-state index contributed by atoms with van der Waals surface area (Å²) in [6.45, 7) is 2.84. The summed E-state index contributed by atoms with van der Waals surface area (Å²) in [5, 5.41) is 4.01. The van der Waals surface area contributed by atoms with E-state index < -0.39 is 0 Å². The van der Waals surface area contributed by atoms with Crippen molar-refractivity contribution >= 4 is 5.69 Å². The maximum Gasteiger partial charge on any atom is 0.260 e. The average Bonchev–Trinajstić information content (AvgIpc) is 3.04. The van der Waals surface area contributed by atoms with Crippen molar-refractivity contribution in [3.05, 3.63) is 29.6 Å². The first-order valence-electron chi connectivity index (χ1n) is 6.53. The molecule has 0 spiro atoms. The van der Waals surface area contributed by atoms with Crippen molar-refractivity contribution in [1.82, 2.24) is 10.1 Å². The molecule has 2 heterocycles. The van der Waals surface area contributed by atoms with E-state index in [-0.39, 0.29) is 6.10 Å². The number of nitrogen functional groups attached to an aromatic ring is 1. The summed E-state index contributed by atoms with van der Waals surface area (Å²) in [6, 6.07) is 5.77. The van der Waals surface area contributed by atoms with E-state index >= 15 is 0 Å². The second-order valence-corrected chi connectivity index (χ2v) is 4.95. The molecule has 1 saturated heterocycles. The Morgan fingerprint density at radius 3 is 3.11 bits per heavy atom. The van der Waals surface area contributed by atoms with Crippen LogP contribution in [-0.2, 0) is 11.2 Å². The quantitative estimate of drug-likeness (QED) is 0.856. The molecule has 0 radical (unpaired) electrons. The first-order chi connectivity index (χ1) is 9.22.